The smallest absolute Gasteiger partial charge is 0.0991 e. The fraction of sp³-hybridized carbons (Fsp3) is 0.368. The Morgan fingerprint density at radius 1 is 0.762 bits per heavy atom. The van der Waals surface area contributed by atoms with Crippen LogP contribution in [0.15, 0.2) is 60.7 Å². The van der Waals surface area contributed by atoms with Crippen molar-refractivity contribution in [3.8, 4) is 0 Å². The van der Waals surface area contributed by atoms with E-state index in [1.807, 2.05) is 0 Å². The minimum absolute atomic E-state index is 0. The van der Waals surface area contributed by atoms with E-state index in [2.05, 4.69) is 67.6 Å². The second-order valence-electron chi connectivity index (χ2n) is 6.12. The van der Waals surface area contributed by atoms with Crippen LogP contribution in [0.4, 0.5) is 0 Å². The van der Waals surface area contributed by atoms with Gasteiger partial charge in [0.25, 0.3) is 0 Å². The van der Waals surface area contributed by atoms with E-state index in [1.165, 1.54) is 31.6 Å². The average Bonchev–Trinajstić information content (AvgIpc) is 2.72. The highest BCUT2D eigenvalue weighted by Crippen LogP contribution is 2.59. The first-order chi connectivity index (χ1) is 9.81. The van der Waals surface area contributed by atoms with Crippen molar-refractivity contribution in [1.29, 1.82) is 0 Å². The molecule has 0 aromatic heterocycles. The van der Waals surface area contributed by atoms with Crippen LogP contribution >= 0.6 is 7.26 Å². The maximum atomic E-state index is 2.43. The Morgan fingerprint density at radius 3 is 1.81 bits per heavy atom. The number of hydrogen-bond donors (Lipinski definition) is 0. The number of benzene rings is 2. The van der Waals surface area contributed by atoms with Crippen molar-refractivity contribution < 1.29 is 17.0 Å². The van der Waals surface area contributed by atoms with Gasteiger partial charge in [0.2, 0.25) is 0 Å². The predicted octanol–water partition coefficient (Wildman–Crippen LogP) is 1.48. The highest BCUT2D eigenvalue weighted by atomic mass is 79.9. The summed E-state index contributed by atoms with van der Waals surface area (Å²) in [4.78, 5) is 0. The van der Waals surface area contributed by atoms with Crippen molar-refractivity contribution in [3.05, 3.63) is 60.7 Å². The van der Waals surface area contributed by atoms with Gasteiger partial charge in [-0.05, 0) is 49.4 Å². The molecule has 0 aliphatic carbocycles. The summed E-state index contributed by atoms with van der Waals surface area (Å²) in [5, 5.41) is 3.22. The van der Waals surface area contributed by atoms with E-state index in [4.69, 9.17) is 0 Å². The van der Waals surface area contributed by atoms with E-state index in [9.17, 15) is 0 Å². The lowest BCUT2D eigenvalue weighted by Crippen LogP contribution is -3.00. The molecule has 2 heteroatoms. The molecule has 0 radical (unpaired) electrons. The summed E-state index contributed by atoms with van der Waals surface area (Å²) >= 11 is 0. The number of halogens is 1. The highest BCUT2D eigenvalue weighted by molar-refractivity contribution is 7.89. The van der Waals surface area contributed by atoms with E-state index in [-0.39, 0.29) is 17.0 Å². The Bertz CT molecular complexity index is 499. The summed E-state index contributed by atoms with van der Waals surface area (Å²) in [6, 6.07) is 22.6. The van der Waals surface area contributed by atoms with Crippen molar-refractivity contribution in [2.24, 2.45) is 5.92 Å². The summed E-state index contributed by atoms with van der Waals surface area (Å²) in [6.07, 6.45) is 6.96. The molecule has 0 amide bonds. The largest absolute Gasteiger partial charge is 1.00 e. The van der Waals surface area contributed by atoms with Crippen LogP contribution in [0.3, 0.4) is 0 Å². The molecule has 1 saturated heterocycles. The van der Waals surface area contributed by atoms with Crippen LogP contribution in [0.1, 0.15) is 26.2 Å². The first kappa shape index (κ1) is 16.7. The minimum atomic E-state index is -1.18. The molecule has 0 spiro atoms. The van der Waals surface area contributed by atoms with Crippen molar-refractivity contribution in [2.75, 3.05) is 12.3 Å². The Labute approximate surface area is 140 Å². The summed E-state index contributed by atoms with van der Waals surface area (Å²) in [5.41, 5.74) is 0. The lowest BCUT2D eigenvalue weighted by atomic mass is 10.0. The zero-order valence-corrected chi connectivity index (χ0v) is 15.2. The average molecular weight is 363 g/mol. The number of rotatable bonds is 2. The van der Waals surface area contributed by atoms with Crippen molar-refractivity contribution in [1.82, 2.24) is 0 Å². The van der Waals surface area contributed by atoms with Gasteiger partial charge >= 0.3 is 0 Å². The van der Waals surface area contributed by atoms with Gasteiger partial charge in [0, 0.05) is 0 Å². The van der Waals surface area contributed by atoms with Gasteiger partial charge < -0.3 is 17.0 Å². The maximum absolute atomic E-state index is 2.43. The van der Waals surface area contributed by atoms with E-state index in [0.717, 1.165) is 5.92 Å². The van der Waals surface area contributed by atoms with Crippen LogP contribution in [0, 0.1) is 5.92 Å². The van der Waals surface area contributed by atoms with Gasteiger partial charge in [-0.1, -0.05) is 43.3 Å². The van der Waals surface area contributed by atoms with Crippen LogP contribution in [-0.2, 0) is 0 Å². The fourth-order valence-electron chi connectivity index (χ4n) is 3.50. The van der Waals surface area contributed by atoms with E-state index < -0.39 is 7.26 Å². The third kappa shape index (κ3) is 3.58. The Hall–Kier alpha value is -0.650. The van der Waals surface area contributed by atoms with E-state index in [1.54, 1.807) is 10.6 Å². The van der Waals surface area contributed by atoms with Gasteiger partial charge in [-0.25, -0.2) is 0 Å². The molecule has 1 aliphatic rings. The maximum Gasteiger partial charge on any atom is 0.0991 e. The minimum Gasteiger partial charge on any atom is -1.00 e. The molecular formula is C19H24BrP. The second-order valence-corrected chi connectivity index (χ2v) is 9.99. The number of hydrogen-bond acceptors (Lipinski definition) is 0. The Balaban J connectivity index is 0.00000161. The van der Waals surface area contributed by atoms with Gasteiger partial charge in [0.1, 0.15) is 0 Å². The topological polar surface area (TPSA) is 0 Å². The van der Waals surface area contributed by atoms with E-state index in [0.29, 0.717) is 0 Å². The first-order valence-electron chi connectivity index (χ1n) is 7.79. The molecule has 0 bridgehead atoms. The lowest BCUT2D eigenvalue weighted by molar-refractivity contribution is -0.00000410. The molecule has 1 heterocycles. The summed E-state index contributed by atoms with van der Waals surface area (Å²) in [5.74, 6) is 0.893. The zero-order chi connectivity index (χ0) is 13.8. The Kier molecular flexibility index (Phi) is 6.02. The van der Waals surface area contributed by atoms with E-state index >= 15 is 0 Å². The molecule has 112 valence electrons. The molecule has 2 aromatic carbocycles. The molecule has 0 saturated carbocycles. The van der Waals surface area contributed by atoms with Gasteiger partial charge in [-0.3, -0.25) is 0 Å². The molecule has 1 aliphatic heterocycles. The molecule has 0 N–H and O–H groups in total. The molecule has 2 aromatic rings. The second kappa shape index (κ2) is 7.56. The van der Waals surface area contributed by atoms with Gasteiger partial charge in [-0.15, -0.1) is 0 Å². The highest BCUT2D eigenvalue weighted by Gasteiger charge is 2.43. The molecule has 3 rings (SSSR count). The molecule has 1 fully saturated rings. The molecule has 1 atom stereocenters. The normalized spacial score (nSPS) is 21.1. The predicted molar refractivity (Wildman–Crippen MR) is 91.8 cm³/mol. The molecule has 1 unspecified atom stereocenters. The first-order valence-corrected chi connectivity index (χ1v) is 9.95. The van der Waals surface area contributed by atoms with Crippen molar-refractivity contribution in [2.45, 2.75) is 26.2 Å². The van der Waals surface area contributed by atoms with Gasteiger partial charge in [0.05, 0.1) is 30.2 Å². The monoisotopic (exact) mass is 362 g/mol. The molecule has 0 nitrogen and oxygen atoms in total. The molecular weight excluding hydrogens is 339 g/mol. The fourth-order valence-corrected chi connectivity index (χ4v) is 8.14. The van der Waals surface area contributed by atoms with Crippen molar-refractivity contribution in [3.63, 3.8) is 0 Å². The zero-order valence-electron chi connectivity index (χ0n) is 12.7. The molecule has 21 heavy (non-hydrogen) atoms. The standard InChI is InChI=1S/C19H24P.BrH/c1-17-9-8-15-20(16-14-17,18-10-4-2-5-11-18)19-12-6-3-7-13-19;/h2-7,10-13,17H,8-9,14-16H2,1H3;1H/q+1;/p-1. The third-order valence-corrected chi connectivity index (χ3v) is 9.42. The third-order valence-electron chi connectivity index (χ3n) is 4.74. The Morgan fingerprint density at radius 2 is 1.29 bits per heavy atom. The van der Waals surface area contributed by atoms with Crippen molar-refractivity contribution >= 4 is 17.9 Å². The SMILES string of the molecule is CC1CCC[P+](c2ccccc2)(c2ccccc2)CC1.[Br-]. The summed E-state index contributed by atoms with van der Waals surface area (Å²) in [7, 11) is -1.18. The van der Waals surface area contributed by atoms with Crippen LogP contribution in [0.2, 0.25) is 0 Å². The van der Waals surface area contributed by atoms with Crippen LogP contribution in [0.25, 0.3) is 0 Å². The van der Waals surface area contributed by atoms with Gasteiger partial charge in [0.15, 0.2) is 0 Å². The quantitative estimate of drug-likeness (QED) is 0.710. The lowest BCUT2D eigenvalue weighted by Gasteiger charge is -2.26. The summed E-state index contributed by atoms with van der Waals surface area (Å²) in [6.45, 7) is 2.43. The van der Waals surface area contributed by atoms with Crippen LogP contribution in [0.5, 0.6) is 0 Å². The van der Waals surface area contributed by atoms with Gasteiger partial charge in [-0.2, -0.15) is 0 Å². The van der Waals surface area contributed by atoms with Crippen LogP contribution < -0.4 is 27.6 Å². The summed E-state index contributed by atoms with van der Waals surface area (Å²) < 4.78 is 0. The van der Waals surface area contributed by atoms with Crippen LogP contribution in [-0.4, -0.2) is 12.3 Å².